The zero-order valence-corrected chi connectivity index (χ0v) is 18.9. The first-order chi connectivity index (χ1) is 15.5. The average molecular weight is 464 g/mol. The molecule has 9 heteroatoms. The summed E-state index contributed by atoms with van der Waals surface area (Å²) in [6.45, 7) is 5.49. The fourth-order valence-corrected chi connectivity index (χ4v) is 4.12. The summed E-state index contributed by atoms with van der Waals surface area (Å²) in [4.78, 5) is 29.4. The molecule has 2 N–H and O–H groups in total. The van der Waals surface area contributed by atoms with Crippen molar-refractivity contribution in [2.75, 3.05) is 18.0 Å². The van der Waals surface area contributed by atoms with Crippen LogP contribution in [0.2, 0.25) is 0 Å². The molecule has 2 unspecified atom stereocenters. The molecule has 33 heavy (non-hydrogen) atoms. The monoisotopic (exact) mass is 463 g/mol. The first-order valence-corrected chi connectivity index (χ1v) is 10.9. The third kappa shape index (κ3) is 6.03. The number of benzene rings is 1. The smallest absolute Gasteiger partial charge is 0.393 e. The minimum Gasteiger partial charge on any atom is -0.481 e. The van der Waals surface area contributed by atoms with E-state index in [2.05, 4.69) is 10.3 Å². The second kappa shape index (κ2) is 9.80. The van der Waals surface area contributed by atoms with Crippen LogP contribution in [0.15, 0.2) is 30.3 Å². The molecule has 0 radical (unpaired) electrons. The van der Waals surface area contributed by atoms with Gasteiger partial charge in [0.1, 0.15) is 5.92 Å². The summed E-state index contributed by atoms with van der Waals surface area (Å²) in [7, 11) is 0. The van der Waals surface area contributed by atoms with Gasteiger partial charge in [0, 0.05) is 36.7 Å². The molecule has 1 aromatic carbocycles. The highest BCUT2D eigenvalue weighted by Crippen LogP contribution is 2.36. The van der Waals surface area contributed by atoms with Gasteiger partial charge in [-0.2, -0.15) is 13.2 Å². The summed E-state index contributed by atoms with van der Waals surface area (Å²) < 4.78 is 39.9. The molecule has 0 bridgehead atoms. The van der Waals surface area contributed by atoms with Gasteiger partial charge in [-0.25, -0.2) is 0 Å². The van der Waals surface area contributed by atoms with Crippen LogP contribution in [0.25, 0.3) is 11.1 Å². The first-order valence-electron chi connectivity index (χ1n) is 10.9. The van der Waals surface area contributed by atoms with Gasteiger partial charge < -0.3 is 15.3 Å². The summed E-state index contributed by atoms with van der Waals surface area (Å²) in [5, 5.41) is 11.7. The van der Waals surface area contributed by atoms with E-state index < -0.39 is 29.9 Å². The van der Waals surface area contributed by atoms with Crippen molar-refractivity contribution in [1.29, 1.82) is 0 Å². The second-order valence-electron chi connectivity index (χ2n) is 8.58. The highest BCUT2D eigenvalue weighted by Gasteiger charge is 2.41. The number of aliphatic carboxylic acids is 1. The van der Waals surface area contributed by atoms with Crippen molar-refractivity contribution in [3.63, 3.8) is 0 Å². The Morgan fingerprint density at radius 2 is 1.88 bits per heavy atom. The van der Waals surface area contributed by atoms with Crippen molar-refractivity contribution < 1.29 is 27.9 Å². The van der Waals surface area contributed by atoms with Crippen molar-refractivity contribution in [1.82, 2.24) is 10.3 Å². The zero-order chi connectivity index (χ0) is 24.3. The average Bonchev–Trinajstić information content (AvgIpc) is 2.75. The van der Waals surface area contributed by atoms with E-state index >= 15 is 0 Å². The Morgan fingerprint density at radius 1 is 1.21 bits per heavy atom. The number of alkyl halides is 3. The summed E-state index contributed by atoms with van der Waals surface area (Å²) >= 11 is 0. The van der Waals surface area contributed by atoms with Gasteiger partial charge >= 0.3 is 12.1 Å². The number of pyridine rings is 1. The standard InChI is InChI=1S/C24H28F3N3O3/c1-14-9-17(10-15(2)29-14)21-7-6-20(30-8-4-5-19(13-30)24(25,26)27)11-18(21)12-28-22(31)16(3)23(32)33/h6-7,9-11,16,19H,4-5,8,12-13H2,1-3H3,(H,28,31)(H,32,33). The molecule has 2 heterocycles. The van der Waals surface area contributed by atoms with E-state index in [1.165, 1.54) is 6.92 Å². The molecule has 1 saturated heterocycles. The van der Waals surface area contributed by atoms with Crippen LogP contribution in [0, 0.1) is 25.7 Å². The third-order valence-corrected chi connectivity index (χ3v) is 5.95. The van der Waals surface area contributed by atoms with Gasteiger partial charge in [0.15, 0.2) is 0 Å². The Morgan fingerprint density at radius 3 is 2.48 bits per heavy atom. The van der Waals surface area contributed by atoms with E-state index in [0.29, 0.717) is 24.2 Å². The molecule has 0 spiro atoms. The molecule has 0 saturated carbocycles. The maximum Gasteiger partial charge on any atom is 0.393 e. The largest absolute Gasteiger partial charge is 0.481 e. The van der Waals surface area contributed by atoms with Crippen LogP contribution in [0.4, 0.5) is 18.9 Å². The Bertz CT molecular complexity index is 1020. The summed E-state index contributed by atoms with van der Waals surface area (Å²) in [6, 6.07) is 9.21. The third-order valence-electron chi connectivity index (χ3n) is 5.95. The van der Waals surface area contributed by atoms with Crippen LogP contribution in [-0.2, 0) is 16.1 Å². The molecule has 2 atom stereocenters. The van der Waals surface area contributed by atoms with Gasteiger partial charge in [-0.3, -0.25) is 14.6 Å². The van der Waals surface area contributed by atoms with Gasteiger partial charge in [0.05, 0.1) is 5.92 Å². The minimum atomic E-state index is -4.24. The van der Waals surface area contributed by atoms with Crippen molar-refractivity contribution in [2.24, 2.45) is 11.8 Å². The molecule has 6 nitrogen and oxygen atoms in total. The van der Waals surface area contributed by atoms with Crippen LogP contribution in [-0.4, -0.2) is 41.2 Å². The molecule has 1 fully saturated rings. The van der Waals surface area contributed by atoms with Gasteiger partial charge in [0.25, 0.3) is 0 Å². The Balaban J connectivity index is 1.95. The molecule has 1 aromatic heterocycles. The van der Waals surface area contributed by atoms with Crippen molar-refractivity contribution in [2.45, 2.75) is 46.3 Å². The maximum absolute atomic E-state index is 13.3. The number of aryl methyl sites for hydroxylation is 2. The van der Waals surface area contributed by atoms with E-state index in [1.807, 2.05) is 32.0 Å². The van der Waals surface area contributed by atoms with Crippen LogP contribution < -0.4 is 10.2 Å². The number of carbonyl (C=O) groups excluding carboxylic acids is 1. The number of nitrogens with one attached hydrogen (secondary N) is 1. The zero-order valence-electron chi connectivity index (χ0n) is 18.9. The number of piperidine rings is 1. The predicted octanol–water partition coefficient (Wildman–Crippen LogP) is 4.48. The molecule has 178 valence electrons. The first kappa shape index (κ1) is 24.5. The van der Waals surface area contributed by atoms with E-state index in [4.69, 9.17) is 5.11 Å². The lowest BCUT2D eigenvalue weighted by molar-refractivity contribution is -0.176. The van der Waals surface area contributed by atoms with Crippen LogP contribution in [0.5, 0.6) is 0 Å². The van der Waals surface area contributed by atoms with Crippen LogP contribution in [0.3, 0.4) is 0 Å². The number of hydrogen-bond donors (Lipinski definition) is 2. The molecule has 0 aliphatic carbocycles. The summed E-state index contributed by atoms with van der Waals surface area (Å²) in [5.74, 6) is -4.45. The number of hydrogen-bond acceptors (Lipinski definition) is 4. The highest BCUT2D eigenvalue weighted by atomic mass is 19.4. The molecule has 3 rings (SSSR count). The fraction of sp³-hybridized carbons (Fsp3) is 0.458. The number of aromatic nitrogens is 1. The summed E-state index contributed by atoms with van der Waals surface area (Å²) in [5.41, 5.74) is 4.64. The minimum absolute atomic E-state index is 0.0522. The number of carboxylic acid groups (broad SMARTS) is 1. The van der Waals surface area contributed by atoms with E-state index in [-0.39, 0.29) is 19.5 Å². The topological polar surface area (TPSA) is 82.5 Å². The van der Waals surface area contributed by atoms with Gasteiger partial charge in [0.2, 0.25) is 5.91 Å². The van der Waals surface area contributed by atoms with Gasteiger partial charge in [-0.1, -0.05) is 6.07 Å². The van der Waals surface area contributed by atoms with E-state index in [0.717, 1.165) is 22.5 Å². The predicted molar refractivity (Wildman–Crippen MR) is 119 cm³/mol. The molecule has 1 aliphatic rings. The summed E-state index contributed by atoms with van der Waals surface area (Å²) in [6.07, 6.45) is -3.69. The quantitative estimate of drug-likeness (QED) is 0.618. The molecular formula is C24H28F3N3O3. The van der Waals surface area contributed by atoms with E-state index in [1.54, 1.807) is 17.0 Å². The van der Waals surface area contributed by atoms with Crippen molar-refractivity contribution in [3.05, 3.63) is 47.3 Å². The van der Waals surface area contributed by atoms with Gasteiger partial charge in [-0.15, -0.1) is 0 Å². The van der Waals surface area contributed by atoms with Gasteiger partial charge in [-0.05, 0) is 74.6 Å². The number of anilines is 1. The number of nitrogens with zero attached hydrogens (tertiary/aromatic N) is 2. The normalized spacial score (nSPS) is 17.5. The van der Waals surface area contributed by atoms with E-state index in [9.17, 15) is 22.8 Å². The van der Waals surface area contributed by atoms with Crippen LogP contribution in [0.1, 0.15) is 36.7 Å². The number of halogens is 3. The number of amides is 1. The lowest BCUT2D eigenvalue weighted by Gasteiger charge is -2.35. The molecule has 1 amide bonds. The Kier molecular flexibility index (Phi) is 7.29. The number of carboxylic acids is 1. The fourth-order valence-electron chi connectivity index (χ4n) is 4.12. The molecule has 1 aliphatic heterocycles. The lowest BCUT2D eigenvalue weighted by Crippen LogP contribution is -2.41. The highest BCUT2D eigenvalue weighted by molar-refractivity contribution is 5.96. The Labute approximate surface area is 190 Å². The Hall–Kier alpha value is -3.10. The molecular weight excluding hydrogens is 435 g/mol. The maximum atomic E-state index is 13.3. The van der Waals surface area contributed by atoms with Crippen LogP contribution >= 0.6 is 0 Å². The van der Waals surface area contributed by atoms with Crippen molar-refractivity contribution >= 4 is 17.6 Å². The SMILES string of the molecule is Cc1cc(-c2ccc(N3CCCC(C(F)(F)F)C3)cc2CNC(=O)C(C)C(=O)O)cc(C)n1. The molecule has 2 aromatic rings. The number of carbonyl (C=O) groups is 2. The lowest BCUT2D eigenvalue weighted by atomic mass is 9.95. The second-order valence-corrected chi connectivity index (χ2v) is 8.58. The van der Waals surface area contributed by atoms with Crippen molar-refractivity contribution in [3.8, 4) is 11.1 Å². The number of rotatable bonds is 6.